The van der Waals surface area contributed by atoms with Gasteiger partial charge in [-0.05, 0) is 23.3 Å². The zero-order valence-corrected chi connectivity index (χ0v) is 19.2. The van der Waals surface area contributed by atoms with Gasteiger partial charge in [0.25, 0.3) is 5.56 Å². The van der Waals surface area contributed by atoms with E-state index < -0.39 is 11.5 Å². The van der Waals surface area contributed by atoms with Gasteiger partial charge in [-0.1, -0.05) is 84.6 Å². The Hall–Kier alpha value is -4.04. The van der Waals surface area contributed by atoms with Crippen LogP contribution in [0.4, 0.5) is 5.69 Å². The van der Waals surface area contributed by atoms with Gasteiger partial charge in [0, 0.05) is 5.92 Å². The number of aromatic hydroxyl groups is 1. The molecule has 0 bridgehead atoms. The standard InChI is InChI=1S/C26H23N3O4S/c1-33-20-15-9-8-14-19(20)27-21(30)16-34-26-28-24(31)23(25(32)29-26)22(17-10-4-2-5-11-17)18-12-6-3-7-13-18/h2-15,22H,16H2,1H3,(H,27,30)(H2,28,29,31,32). The molecule has 0 aliphatic rings. The van der Waals surface area contributed by atoms with Gasteiger partial charge in [0.15, 0.2) is 5.16 Å². The lowest BCUT2D eigenvalue weighted by molar-refractivity contribution is -0.113. The Bertz CT molecular complexity index is 1290. The number of nitrogens with zero attached hydrogens (tertiary/aromatic N) is 1. The Morgan fingerprint density at radius 1 is 1.00 bits per heavy atom. The zero-order chi connectivity index (χ0) is 23.9. The van der Waals surface area contributed by atoms with E-state index in [2.05, 4.69) is 15.3 Å². The summed E-state index contributed by atoms with van der Waals surface area (Å²) in [5.74, 6) is -0.629. The number of thioether (sulfide) groups is 1. The first-order chi connectivity index (χ1) is 16.6. The minimum atomic E-state index is -0.494. The monoisotopic (exact) mass is 473 g/mol. The van der Waals surface area contributed by atoms with Crippen molar-refractivity contribution in [1.29, 1.82) is 0 Å². The Kier molecular flexibility index (Phi) is 7.29. The van der Waals surface area contributed by atoms with Gasteiger partial charge in [0.2, 0.25) is 11.8 Å². The second-order valence-corrected chi connectivity index (χ2v) is 8.36. The normalized spacial score (nSPS) is 10.8. The summed E-state index contributed by atoms with van der Waals surface area (Å²) < 4.78 is 5.23. The fourth-order valence-corrected chi connectivity index (χ4v) is 4.32. The second-order valence-electron chi connectivity index (χ2n) is 7.40. The van der Waals surface area contributed by atoms with Crippen LogP contribution in [0.2, 0.25) is 0 Å². The number of anilines is 1. The number of H-pyrrole nitrogens is 1. The maximum absolute atomic E-state index is 13.1. The Morgan fingerprint density at radius 2 is 1.59 bits per heavy atom. The van der Waals surface area contributed by atoms with Gasteiger partial charge in [-0.25, -0.2) is 0 Å². The van der Waals surface area contributed by atoms with E-state index in [-0.39, 0.29) is 28.3 Å². The number of benzene rings is 3. The number of aromatic nitrogens is 2. The smallest absolute Gasteiger partial charge is 0.259 e. The average molecular weight is 474 g/mol. The van der Waals surface area contributed by atoms with Crippen LogP contribution in [-0.2, 0) is 4.79 Å². The molecule has 1 heterocycles. The van der Waals surface area contributed by atoms with Crippen LogP contribution in [0.25, 0.3) is 0 Å². The predicted molar refractivity (Wildman–Crippen MR) is 133 cm³/mol. The van der Waals surface area contributed by atoms with E-state index in [0.717, 1.165) is 22.9 Å². The number of hydrogen-bond donors (Lipinski definition) is 3. The number of ether oxygens (including phenoxy) is 1. The highest BCUT2D eigenvalue weighted by atomic mass is 32.2. The third-order valence-corrected chi connectivity index (χ3v) is 6.06. The van der Waals surface area contributed by atoms with E-state index >= 15 is 0 Å². The van der Waals surface area contributed by atoms with E-state index in [1.54, 1.807) is 24.3 Å². The largest absolute Gasteiger partial charge is 0.495 e. The maximum atomic E-state index is 13.1. The molecule has 172 valence electrons. The fourth-order valence-electron chi connectivity index (χ4n) is 3.66. The summed E-state index contributed by atoms with van der Waals surface area (Å²) in [4.78, 5) is 32.4. The van der Waals surface area contributed by atoms with Crippen LogP contribution in [0, 0.1) is 0 Å². The van der Waals surface area contributed by atoms with Crippen molar-refractivity contribution >= 4 is 23.4 Å². The molecule has 7 nitrogen and oxygen atoms in total. The highest BCUT2D eigenvalue weighted by Crippen LogP contribution is 2.34. The minimum Gasteiger partial charge on any atom is -0.495 e. The first-order valence-corrected chi connectivity index (χ1v) is 11.5. The zero-order valence-electron chi connectivity index (χ0n) is 18.4. The molecule has 0 spiro atoms. The summed E-state index contributed by atoms with van der Waals surface area (Å²) in [6.07, 6.45) is 0. The number of hydrogen-bond acceptors (Lipinski definition) is 6. The van der Waals surface area contributed by atoms with E-state index in [9.17, 15) is 14.7 Å². The molecule has 4 aromatic rings. The highest BCUT2D eigenvalue weighted by molar-refractivity contribution is 7.99. The van der Waals surface area contributed by atoms with Gasteiger partial charge in [-0.2, -0.15) is 4.98 Å². The van der Waals surface area contributed by atoms with Crippen molar-refractivity contribution < 1.29 is 14.6 Å². The Balaban J connectivity index is 1.56. The number of para-hydroxylation sites is 2. The first kappa shape index (κ1) is 23.1. The Labute approximate surface area is 200 Å². The number of amides is 1. The molecule has 0 aliphatic heterocycles. The van der Waals surface area contributed by atoms with Crippen molar-refractivity contribution in [2.24, 2.45) is 0 Å². The minimum absolute atomic E-state index is 0.0133. The van der Waals surface area contributed by atoms with Gasteiger partial charge < -0.3 is 20.1 Å². The lowest BCUT2D eigenvalue weighted by atomic mass is 9.86. The van der Waals surface area contributed by atoms with Crippen LogP contribution in [0.15, 0.2) is 94.9 Å². The third-order valence-electron chi connectivity index (χ3n) is 5.19. The fraction of sp³-hybridized carbons (Fsp3) is 0.115. The summed E-state index contributed by atoms with van der Waals surface area (Å²) in [6.45, 7) is 0. The van der Waals surface area contributed by atoms with Crippen molar-refractivity contribution in [3.05, 3.63) is 112 Å². The van der Waals surface area contributed by atoms with Gasteiger partial charge in [0.05, 0.1) is 24.1 Å². The summed E-state index contributed by atoms with van der Waals surface area (Å²) in [7, 11) is 1.52. The van der Waals surface area contributed by atoms with Crippen molar-refractivity contribution in [3.63, 3.8) is 0 Å². The van der Waals surface area contributed by atoms with E-state index in [4.69, 9.17) is 4.74 Å². The van der Waals surface area contributed by atoms with E-state index in [0.29, 0.717) is 11.4 Å². The van der Waals surface area contributed by atoms with Gasteiger partial charge in [-0.3, -0.25) is 9.59 Å². The maximum Gasteiger partial charge on any atom is 0.259 e. The molecule has 0 atom stereocenters. The molecule has 3 N–H and O–H groups in total. The van der Waals surface area contributed by atoms with Crippen LogP contribution >= 0.6 is 11.8 Å². The molecule has 4 rings (SSSR count). The molecular formula is C26H23N3O4S. The second kappa shape index (κ2) is 10.7. The molecule has 0 saturated carbocycles. The molecule has 0 fully saturated rings. The molecular weight excluding hydrogens is 450 g/mol. The van der Waals surface area contributed by atoms with Crippen LogP contribution < -0.4 is 15.6 Å². The molecule has 8 heteroatoms. The van der Waals surface area contributed by atoms with Crippen LogP contribution in [0.3, 0.4) is 0 Å². The summed E-state index contributed by atoms with van der Waals surface area (Å²) in [5, 5.41) is 13.7. The predicted octanol–water partition coefficient (Wildman–Crippen LogP) is 4.40. The number of aromatic amines is 1. The number of carbonyl (C=O) groups is 1. The molecule has 3 aromatic carbocycles. The van der Waals surface area contributed by atoms with Crippen molar-refractivity contribution in [2.75, 3.05) is 18.2 Å². The highest BCUT2D eigenvalue weighted by Gasteiger charge is 2.25. The Morgan fingerprint density at radius 3 is 2.18 bits per heavy atom. The van der Waals surface area contributed by atoms with Crippen LogP contribution in [0.5, 0.6) is 11.6 Å². The molecule has 0 saturated heterocycles. The topological polar surface area (TPSA) is 104 Å². The summed E-state index contributed by atoms with van der Waals surface area (Å²) in [6, 6.07) is 26.0. The van der Waals surface area contributed by atoms with Crippen molar-refractivity contribution in [1.82, 2.24) is 9.97 Å². The van der Waals surface area contributed by atoms with Crippen molar-refractivity contribution in [3.8, 4) is 11.6 Å². The van der Waals surface area contributed by atoms with Gasteiger partial charge >= 0.3 is 0 Å². The van der Waals surface area contributed by atoms with E-state index in [1.165, 1.54) is 7.11 Å². The van der Waals surface area contributed by atoms with Crippen molar-refractivity contribution in [2.45, 2.75) is 11.1 Å². The van der Waals surface area contributed by atoms with Gasteiger partial charge in [-0.15, -0.1) is 0 Å². The lowest BCUT2D eigenvalue weighted by Crippen LogP contribution is -2.21. The number of methoxy groups -OCH3 is 1. The molecule has 1 amide bonds. The van der Waals surface area contributed by atoms with Crippen LogP contribution in [-0.4, -0.2) is 33.8 Å². The first-order valence-electron chi connectivity index (χ1n) is 10.6. The molecule has 0 unspecified atom stereocenters. The molecule has 1 aromatic heterocycles. The number of carbonyl (C=O) groups excluding carboxylic acids is 1. The average Bonchev–Trinajstić information content (AvgIpc) is 2.86. The van der Waals surface area contributed by atoms with Crippen LogP contribution in [0.1, 0.15) is 22.6 Å². The third kappa shape index (κ3) is 5.29. The van der Waals surface area contributed by atoms with Gasteiger partial charge in [0.1, 0.15) is 5.75 Å². The SMILES string of the molecule is COc1ccccc1NC(=O)CSc1nc(O)c(C(c2ccccc2)c2ccccc2)c(=O)[nH]1. The quantitative estimate of drug-likeness (QED) is 0.259. The molecule has 34 heavy (non-hydrogen) atoms. The summed E-state index contributed by atoms with van der Waals surface area (Å²) >= 11 is 1.02. The van der Waals surface area contributed by atoms with E-state index in [1.807, 2.05) is 60.7 Å². The molecule has 0 radical (unpaired) electrons. The number of rotatable bonds is 8. The molecule has 0 aliphatic carbocycles. The lowest BCUT2D eigenvalue weighted by Gasteiger charge is -2.18. The number of nitrogens with one attached hydrogen (secondary N) is 2. The summed E-state index contributed by atoms with van der Waals surface area (Å²) in [5.41, 5.74) is 1.95.